The number of aliphatic imine (C=N–C) groups is 1. The highest BCUT2D eigenvalue weighted by Crippen LogP contribution is 2.23. The molecule has 0 saturated carbocycles. The fourth-order valence-electron chi connectivity index (χ4n) is 1.20. The quantitative estimate of drug-likeness (QED) is 0.491. The van der Waals surface area contributed by atoms with Gasteiger partial charge in [0.15, 0.2) is 5.88 Å². The second-order valence-electron chi connectivity index (χ2n) is 2.44. The fraction of sp³-hybridized carbons (Fsp3) is 0. The highest BCUT2D eigenvalue weighted by atomic mass is 27.1. The van der Waals surface area contributed by atoms with Crippen LogP contribution in [0.1, 0.15) is 15.9 Å². The molecule has 0 aliphatic carbocycles. The second kappa shape index (κ2) is 2.48. The van der Waals surface area contributed by atoms with E-state index in [9.17, 15) is 9.90 Å². The average Bonchev–Trinajstić information content (AvgIpc) is 2.38. The Bertz CT molecular complexity index is 408. The molecule has 54 valence electrons. The number of amides is 1. The van der Waals surface area contributed by atoms with Crippen LogP contribution in [0, 0.1) is 0 Å². The van der Waals surface area contributed by atoms with Crippen LogP contribution in [0.15, 0.2) is 4.99 Å². The summed E-state index contributed by atoms with van der Waals surface area (Å²) in [6.45, 7) is 0. The lowest BCUT2D eigenvalue weighted by atomic mass is 10.2. The molecule has 2 heterocycles. The molecule has 12 heavy (non-hydrogen) atoms. The first-order chi connectivity index (χ1) is 5.61. The molecule has 0 unspecified atom stereocenters. The SMILES string of the molecule is O=C1N=[C]([Al])c2c(O)[nH][c]([Al])c21. The molecule has 4 nitrogen and oxygen atoms in total. The maximum absolute atomic E-state index is 11.2. The molecule has 0 aromatic carbocycles. The van der Waals surface area contributed by atoms with Gasteiger partial charge >= 0.3 is 0 Å². The monoisotopic (exact) mass is 188 g/mol. The van der Waals surface area contributed by atoms with Gasteiger partial charge in [0.05, 0.1) is 5.56 Å². The number of carbonyl (C=O) groups excluding carboxylic acids is 1. The fourth-order valence-corrected chi connectivity index (χ4v) is 2.00. The van der Waals surface area contributed by atoms with E-state index in [1.807, 2.05) is 0 Å². The normalized spacial score (nSPS) is 14.7. The number of nitrogens with zero attached hydrogens (tertiary/aromatic N) is 1. The highest BCUT2D eigenvalue weighted by molar-refractivity contribution is 6.68. The number of aromatic hydroxyl groups is 1. The van der Waals surface area contributed by atoms with Crippen LogP contribution >= 0.6 is 0 Å². The van der Waals surface area contributed by atoms with Crippen molar-refractivity contribution < 1.29 is 9.90 Å². The van der Waals surface area contributed by atoms with E-state index in [-0.39, 0.29) is 11.8 Å². The third-order valence-electron chi connectivity index (χ3n) is 1.70. The molecule has 0 saturated heterocycles. The zero-order chi connectivity index (χ0) is 8.88. The highest BCUT2D eigenvalue weighted by Gasteiger charge is 2.25. The van der Waals surface area contributed by atoms with Crippen molar-refractivity contribution in [2.75, 3.05) is 0 Å². The summed E-state index contributed by atoms with van der Waals surface area (Å²) in [4.78, 5) is 17.5. The number of aromatic amines is 1. The number of rotatable bonds is 0. The number of nitrogens with one attached hydrogen (secondary N) is 1. The third-order valence-corrected chi connectivity index (χ3v) is 2.55. The Balaban J connectivity index is 2.79. The van der Waals surface area contributed by atoms with Gasteiger partial charge in [0.2, 0.25) is 32.6 Å². The summed E-state index contributed by atoms with van der Waals surface area (Å²) >= 11 is 4.66. The first-order valence-corrected chi connectivity index (χ1v) is 4.36. The summed E-state index contributed by atoms with van der Waals surface area (Å²) in [5.41, 5.74) is 0.942. The number of H-pyrrole nitrogens is 1. The molecule has 4 radical (unpaired) electrons. The van der Waals surface area contributed by atoms with Crippen molar-refractivity contribution in [3.63, 3.8) is 0 Å². The van der Waals surface area contributed by atoms with Crippen LogP contribution in [0.4, 0.5) is 0 Å². The number of carbonyl (C=O) groups is 1. The van der Waals surface area contributed by atoms with Crippen molar-refractivity contribution in [2.24, 2.45) is 4.99 Å². The van der Waals surface area contributed by atoms with Gasteiger partial charge in [-0.25, -0.2) is 4.99 Å². The summed E-state index contributed by atoms with van der Waals surface area (Å²) < 4.78 is 1.06. The van der Waals surface area contributed by atoms with E-state index in [0.29, 0.717) is 20.3 Å². The van der Waals surface area contributed by atoms with Gasteiger partial charge in [0, 0.05) is 5.56 Å². The average molecular weight is 188 g/mol. The van der Waals surface area contributed by atoms with Gasteiger partial charge in [0.25, 0.3) is 5.91 Å². The Labute approximate surface area is 84.5 Å². The molecular weight excluding hydrogens is 186 g/mol. The van der Waals surface area contributed by atoms with Crippen molar-refractivity contribution in [3.8, 4) is 5.88 Å². The molecule has 0 spiro atoms. The smallest absolute Gasteiger partial charge is 0.276 e. The van der Waals surface area contributed by atoms with Crippen molar-refractivity contribution >= 4 is 47.6 Å². The summed E-state index contributed by atoms with van der Waals surface area (Å²) in [6.07, 6.45) is 0. The first-order valence-electron chi connectivity index (χ1n) is 3.20. The van der Waals surface area contributed by atoms with Crippen LogP contribution in [0.25, 0.3) is 0 Å². The third kappa shape index (κ3) is 0.904. The minimum Gasteiger partial charge on any atom is -0.494 e. The Morgan fingerprint density at radius 2 is 2.00 bits per heavy atom. The maximum Gasteiger partial charge on any atom is 0.276 e. The number of fused-ring (bicyclic) bond motifs is 1. The van der Waals surface area contributed by atoms with E-state index in [0.717, 1.165) is 0 Å². The van der Waals surface area contributed by atoms with Crippen LogP contribution < -0.4 is 4.56 Å². The standard InChI is InChI=1S/C6H2N2O2.2Al/c9-5-3-1-7-6(10)4(3)2-8-5;;/h7,10H;;. The number of hydrogen-bond donors (Lipinski definition) is 2. The molecule has 1 aromatic heterocycles. The Kier molecular flexibility index (Phi) is 1.68. The molecule has 1 amide bonds. The molecule has 2 rings (SSSR count). The van der Waals surface area contributed by atoms with Gasteiger partial charge in [-0.2, -0.15) is 0 Å². The van der Waals surface area contributed by atoms with Crippen LogP contribution in [-0.4, -0.2) is 53.2 Å². The van der Waals surface area contributed by atoms with Gasteiger partial charge in [0.1, 0.15) is 0 Å². The molecule has 0 fully saturated rings. The van der Waals surface area contributed by atoms with Crippen molar-refractivity contribution in [1.29, 1.82) is 0 Å². The summed E-state index contributed by atoms with van der Waals surface area (Å²) in [6, 6.07) is 0. The predicted molar refractivity (Wildman–Crippen MR) is 44.5 cm³/mol. The largest absolute Gasteiger partial charge is 0.494 e. The maximum atomic E-state index is 11.2. The number of aromatic nitrogens is 1. The van der Waals surface area contributed by atoms with Gasteiger partial charge in [-0.1, -0.05) is 4.56 Å². The van der Waals surface area contributed by atoms with Crippen molar-refractivity contribution in [1.82, 2.24) is 4.98 Å². The van der Waals surface area contributed by atoms with Crippen LogP contribution in [0.3, 0.4) is 0 Å². The van der Waals surface area contributed by atoms with Gasteiger partial charge < -0.3 is 10.1 Å². The minimum absolute atomic E-state index is 0.00500. The first kappa shape index (κ1) is 8.10. The molecule has 1 aromatic rings. The number of hydrogen-bond acceptors (Lipinski definition) is 2. The molecule has 0 atom stereocenters. The lowest BCUT2D eigenvalue weighted by molar-refractivity contribution is 0.101. The van der Waals surface area contributed by atoms with Gasteiger partial charge in [-0.15, -0.1) is 0 Å². The molecule has 2 N–H and O–H groups in total. The van der Waals surface area contributed by atoms with E-state index in [4.69, 9.17) is 0 Å². The molecule has 1 aliphatic heterocycles. The Morgan fingerprint density at radius 1 is 1.33 bits per heavy atom. The van der Waals surface area contributed by atoms with Crippen LogP contribution in [-0.2, 0) is 0 Å². The summed E-state index contributed by atoms with van der Waals surface area (Å²) in [7, 11) is 0. The van der Waals surface area contributed by atoms with E-state index in [2.05, 4.69) is 42.6 Å². The molecular formula is C6H2Al2N2O2. The van der Waals surface area contributed by atoms with Crippen LogP contribution in [0.5, 0.6) is 5.88 Å². The Morgan fingerprint density at radius 3 is 2.58 bits per heavy atom. The van der Waals surface area contributed by atoms with Crippen molar-refractivity contribution in [2.45, 2.75) is 0 Å². The predicted octanol–water partition coefficient (Wildman–Crippen LogP) is -1.42. The van der Waals surface area contributed by atoms with E-state index in [1.165, 1.54) is 0 Å². The van der Waals surface area contributed by atoms with Gasteiger partial charge in [-0.3, -0.25) is 4.79 Å². The lowest BCUT2D eigenvalue weighted by Gasteiger charge is -1.90. The second-order valence-corrected chi connectivity index (χ2v) is 3.56. The van der Waals surface area contributed by atoms with E-state index >= 15 is 0 Å². The molecule has 0 bridgehead atoms. The topological polar surface area (TPSA) is 65.4 Å². The lowest BCUT2D eigenvalue weighted by Crippen LogP contribution is -2.11. The minimum atomic E-state index is -0.309. The van der Waals surface area contributed by atoms with Crippen LogP contribution in [0.2, 0.25) is 0 Å². The Hall–Kier alpha value is -0.515. The summed E-state index contributed by atoms with van der Waals surface area (Å²) in [5.74, 6) is -0.314. The van der Waals surface area contributed by atoms with Crippen molar-refractivity contribution in [3.05, 3.63) is 11.1 Å². The zero-order valence-corrected chi connectivity index (χ0v) is 8.27. The van der Waals surface area contributed by atoms with E-state index in [1.54, 1.807) is 0 Å². The van der Waals surface area contributed by atoms with Gasteiger partial charge in [-0.05, 0) is 4.57 Å². The summed E-state index contributed by atoms with van der Waals surface area (Å²) in [5, 5.41) is 9.33. The zero-order valence-electron chi connectivity index (χ0n) is 5.96. The molecule has 1 aliphatic rings. The molecule has 6 heteroatoms. The van der Waals surface area contributed by atoms with E-state index < -0.39 is 0 Å².